The van der Waals surface area contributed by atoms with E-state index < -0.39 is 105 Å². The fourth-order valence-corrected chi connectivity index (χ4v) is 14.3. The molecule has 2 saturated carbocycles. The molecule has 0 aromatic rings. The van der Waals surface area contributed by atoms with Crippen LogP contribution in [-0.2, 0) is 66.8 Å². The van der Waals surface area contributed by atoms with Crippen molar-refractivity contribution in [2.75, 3.05) is 53.6 Å². The molecular formula is C54H66N2O16. The third-order valence-corrected chi connectivity index (χ3v) is 17.7. The molecule has 10 rings (SSSR count). The summed E-state index contributed by atoms with van der Waals surface area (Å²) in [6, 6.07) is 0. The number of likely N-dealkylation sites (tertiary alicyclic amines) is 2. The minimum atomic E-state index is -1.20. The molecule has 388 valence electrons. The highest BCUT2D eigenvalue weighted by atomic mass is 16.6. The fraction of sp³-hybridized carbons (Fsp3) is 0.630. The first kappa shape index (κ1) is 51.0. The van der Waals surface area contributed by atoms with Gasteiger partial charge in [-0.05, 0) is 63.5 Å². The average molecular weight is 999 g/mol. The smallest absolute Gasteiger partial charge is 0.340 e. The summed E-state index contributed by atoms with van der Waals surface area (Å²) >= 11 is 0. The van der Waals surface area contributed by atoms with Crippen molar-refractivity contribution in [3.8, 4) is 0 Å². The third-order valence-electron chi connectivity index (χ3n) is 17.7. The third kappa shape index (κ3) is 7.70. The number of methoxy groups -OCH3 is 2. The molecule has 6 aliphatic carbocycles. The molecule has 0 spiro atoms. The molecule has 72 heavy (non-hydrogen) atoms. The number of carbonyl (C=O) groups excluding carboxylic acids is 8. The van der Waals surface area contributed by atoms with Crippen LogP contribution >= 0.6 is 0 Å². The maximum absolute atomic E-state index is 13.9. The monoisotopic (exact) mass is 998 g/mol. The van der Waals surface area contributed by atoms with Crippen molar-refractivity contribution in [1.82, 2.24) is 9.80 Å². The Morgan fingerprint density at radius 2 is 0.958 bits per heavy atom. The first-order valence-corrected chi connectivity index (χ1v) is 25.3. The van der Waals surface area contributed by atoms with Crippen LogP contribution in [0.3, 0.4) is 0 Å². The Morgan fingerprint density at radius 1 is 0.611 bits per heavy atom. The van der Waals surface area contributed by atoms with Crippen molar-refractivity contribution < 1.29 is 77.0 Å². The summed E-state index contributed by atoms with van der Waals surface area (Å²) < 4.78 is 34.2. The molecule has 0 unspecified atom stereocenters. The van der Waals surface area contributed by atoms with E-state index in [2.05, 4.69) is 0 Å². The van der Waals surface area contributed by atoms with Gasteiger partial charge in [0, 0.05) is 137 Å². The predicted molar refractivity (Wildman–Crippen MR) is 253 cm³/mol. The highest BCUT2D eigenvalue weighted by Gasteiger charge is 2.66. The highest BCUT2D eigenvalue weighted by molar-refractivity contribution is 6.15. The van der Waals surface area contributed by atoms with E-state index in [0.717, 1.165) is 51.9 Å². The van der Waals surface area contributed by atoms with Crippen LogP contribution < -0.4 is 0 Å². The van der Waals surface area contributed by atoms with Gasteiger partial charge < -0.3 is 48.4 Å². The number of aliphatic hydroxyl groups is 2. The Bertz CT molecular complexity index is 2460. The molecule has 10 aliphatic rings. The summed E-state index contributed by atoms with van der Waals surface area (Å²) in [7, 11) is 2.97. The average Bonchev–Trinajstić information content (AvgIpc) is 4.14. The molecule has 4 heterocycles. The Labute approximate surface area is 418 Å². The lowest BCUT2D eigenvalue weighted by atomic mass is 9.53. The molecule has 4 aliphatic heterocycles. The predicted octanol–water partition coefficient (Wildman–Crippen LogP) is 5.11. The van der Waals surface area contributed by atoms with E-state index in [1.54, 1.807) is 12.4 Å². The maximum atomic E-state index is 13.9. The van der Waals surface area contributed by atoms with Crippen LogP contribution in [0.4, 0.5) is 0 Å². The molecule has 6 fully saturated rings. The summed E-state index contributed by atoms with van der Waals surface area (Å²) in [5.74, 6) is -5.42. The molecule has 0 amide bonds. The summed E-state index contributed by atoms with van der Waals surface area (Å²) in [4.78, 5) is 109. The number of Topliss-reactive ketones (excluding diaryl/α,β-unsaturated/α-hetero) is 4. The highest BCUT2D eigenvalue weighted by Crippen LogP contribution is 2.64. The van der Waals surface area contributed by atoms with E-state index >= 15 is 0 Å². The second-order valence-electron chi connectivity index (χ2n) is 21.9. The van der Waals surface area contributed by atoms with Gasteiger partial charge in [-0.15, -0.1) is 0 Å². The first-order valence-electron chi connectivity index (χ1n) is 25.3. The molecular weight excluding hydrogens is 933 g/mol. The van der Waals surface area contributed by atoms with Crippen molar-refractivity contribution in [2.45, 2.75) is 130 Å². The number of carbonyl (C=O) groups is 8. The summed E-state index contributed by atoms with van der Waals surface area (Å²) in [5.41, 5.74) is -1.92. The number of rotatable bonds is 8. The molecule has 0 bridgehead atoms. The Balaban J connectivity index is 0.000000178. The van der Waals surface area contributed by atoms with Gasteiger partial charge in [0.2, 0.25) is 11.6 Å². The Morgan fingerprint density at radius 3 is 1.28 bits per heavy atom. The number of nitrogens with zero attached hydrogens (tertiary/aromatic N) is 2. The lowest BCUT2D eigenvalue weighted by Gasteiger charge is -2.53. The van der Waals surface area contributed by atoms with Crippen LogP contribution in [-0.4, -0.2) is 145 Å². The van der Waals surface area contributed by atoms with E-state index in [4.69, 9.17) is 28.4 Å². The van der Waals surface area contributed by atoms with E-state index in [0.29, 0.717) is 48.0 Å². The van der Waals surface area contributed by atoms with Crippen molar-refractivity contribution >= 4 is 47.0 Å². The minimum absolute atomic E-state index is 0.00857. The fourth-order valence-electron chi connectivity index (χ4n) is 14.3. The van der Waals surface area contributed by atoms with Crippen LogP contribution in [0, 0.1) is 33.5 Å². The lowest BCUT2D eigenvalue weighted by Crippen LogP contribution is -2.57. The van der Waals surface area contributed by atoms with E-state index in [9.17, 15) is 48.6 Å². The molecule has 10 atom stereocenters. The van der Waals surface area contributed by atoms with E-state index in [-0.39, 0.29) is 59.9 Å². The van der Waals surface area contributed by atoms with Crippen LogP contribution in [0.2, 0.25) is 0 Å². The largest absolute Gasteiger partial charge is 0.504 e. The first-order chi connectivity index (χ1) is 34.1. The van der Waals surface area contributed by atoms with Gasteiger partial charge in [-0.2, -0.15) is 0 Å². The molecule has 0 aromatic heterocycles. The number of hydrogen-bond donors (Lipinski definition) is 2. The summed E-state index contributed by atoms with van der Waals surface area (Å²) in [5, 5.41) is 22.9. The van der Waals surface area contributed by atoms with Gasteiger partial charge in [0.25, 0.3) is 0 Å². The normalized spacial score (nSPS) is 37.2. The maximum Gasteiger partial charge on any atom is 0.340 e. The lowest BCUT2D eigenvalue weighted by molar-refractivity contribution is -0.160. The molecule has 2 N–H and O–H groups in total. The number of ether oxygens (including phenoxy) is 6. The number of cyclic esters (lactones) is 2. The molecule has 18 nitrogen and oxygen atoms in total. The Hall–Kier alpha value is -5.88. The molecule has 18 heteroatoms. The van der Waals surface area contributed by atoms with E-state index in [1.807, 2.05) is 37.5 Å². The van der Waals surface area contributed by atoms with Gasteiger partial charge in [0.05, 0.1) is 35.2 Å². The molecule has 0 radical (unpaired) electrons. The van der Waals surface area contributed by atoms with Crippen molar-refractivity contribution in [3.63, 3.8) is 0 Å². The summed E-state index contributed by atoms with van der Waals surface area (Å²) in [6.07, 6.45) is 5.74. The Kier molecular flexibility index (Phi) is 13.2. The van der Waals surface area contributed by atoms with Gasteiger partial charge >= 0.3 is 23.9 Å². The van der Waals surface area contributed by atoms with Crippen molar-refractivity contribution in [2.24, 2.45) is 33.5 Å². The van der Waals surface area contributed by atoms with E-state index in [1.165, 1.54) is 28.1 Å². The zero-order valence-corrected chi connectivity index (χ0v) is 42.4. The zero-order chi connectivity index (χ0) is 52.0. The van der Waals surface area contributed by atoms with Gasteiger partial charge in [-0.1, -0.05) is 13.8 Å². The minimum Gasteiger partial charge on any atom is -0.504 e. The van der Waals surface area contributed by atoms with Gasteiger partial charge in [-0.25, -0.2) is 9.59 Å². The van der Waals surface area contributed by atoms with Crippen molar-refractivity contribution in [3.05, 3.63) is 68.5 Å². The SMILES string of the molecule is COC[C@H]1OC(=O)/C(=C/N2CCCC2)C2=C(O)C(=O)C3=C([C@H](OC(C)=O)C[C@]4(C)C(=O)CC[C@@H]34)[C@]21C.COC[C@H]1OC(=O)/C(=C\N2CCCC2)C2=C(O)C(=O)C3=C([C@H](OC(C)=O)C[C@]4(C)C(=O)CC[C@@H]34)[C@]21C. The molecule has 0 aromatic carbocycles. The quantitative estimate of drug-likeness (QED) is 0.182. The van der Waals surface area contributed by atoms with Crippen molar-refractivity contribution in [1.29, 1.82) is 0 Å². The zero-order valence-electron chi connectivity index (χ0n) is 42.4. The number of allylic oxidation sites excluding steroid dienone is 2. The molecule has 4 saturated heterocycles. The second kappa shape index (κ2) is 18.6. The number of hydrogen-bond acceptors (Lipinski definition) is 18. The topological polar surface area (TPSA) is 239 Å². The van der Waals surface area contributed by atoms with Crippen LogP contribution in [0.5, 0.6) is 0 Å². The van der Waals surface area contributed by atoms with Crippen LogP contribution in [0.1, 0.15) is 106 Å². The second-order valence-corrected chi connectivity index (χ2v) is 21.9. The van der Waals surface area contributed by atoms with Crippen LogP contribution in [0.15, 0.2) is 68.5 Å². The number of esters is 4. The number of fused-ring (bicyclic) bond motifs is 8. The summed E-state index contributed by atoms with van der Waals surface area (Å²) in [6.45, 7) is 12.9. The number of aliphatic hydroxyl groups excluding tert-OH is 2. The van der Waals surface area contributed by atoms with Gasteiger partial charge in [0.1, 0.15) is 36.0 Å². The van der Waals surface area contributed by atoms with Gasteiger partial charge in [-0.3, -0.25) is 28.8 Å². The van der Waals surface area contributed by atoms with Gasteiger partial charge in [0.15, 0.2) is 11.5 Å². The number of ketones is 4. The van der Waals surface area contributed by atoms with Crippen LogP contribution in [0.25, 0.3) is 0 Å². The standard InChI is InChI=1S/2C27H33NO8/c2*1-14(29)35-17-11-26(2)16(7-8-18(26)30)20-22(17)27(3)19(13-34-4)36-25(33)15(12-28-9-5-6-10-28)21(27)24(32)23(20)31/h2*12,16-17,19,32H,5-11,13H2,1-4H3/b15-12+;15-12-/t2*16-,17+,19+,26-,27-/m00/s1.